The van der Waals surface area contributed by atoms with Crippen molar-refractivity contribution in [2.24, 2.45) is 5.92 Å². The fourth-order valence-electron chi connectivity index (χ4n) is 3.32. The van der Waals surface area contributed by atoms with E-state index in [0.717, 1.165) is 32.6 Å². The van der Waals surface area contributed by atoms with Gasteiger partial charge >= 0.3 is 0 Å². The lowest BCUT2D eigenvalue weighted by Crippen LogP contribution is -2.43. The molecule has 2 nitrogen and oxygen atoms in total. The summed E-state index contributed by atoms with van der Waals surface area (Å²) >= 11 is 0. The summed E-state index contributed by atoms with van der Waals surface area (Å²) in [4.78, 5) is 0. The molecule has 0 amide bonds. The topological polar surface area (TPSA) is 21.3 Å². The van der Waals surface area contributed by atoms with Crippen LogP contribution in [0.3, 0.4) is 0 Å². The molecule has 0 aliphatic carbocycles. The predicted molar refractivity (Wildman–Crippen MR) is 80.7 cm³/mol. The van der Waals surface area contributed by atoms with E-state index < -0.39 is 0 Å². The van der Waals surface area contributed by atoms with Crippen molar-refractivity contribution >= 4 is 0 Å². The summed E-state index contributed by atoms with van der Waals surface area (Å²) in [6, 6.07) is 5.21. The van der Waals surface area contributed by atoms with E-state index in [2.05, 4.69) is 45.1 Å². The standard InChI is InChI=1S/C17H27NO/c1-5-18-17-6-7-19-11-15(17)10-16-13(3)8-12(2)9-14(16)4/h8-9,15,17-18H,5-7,10-11H2,1-4H3. The molecule has 0 saturated carbocycles. The molecule has 1 aliphatic rings. The molecule has 0 spiro atoms. The number of hydrogen-bond acceptors (Lipinski definition) is 2. The Balaban J connectivity index is 2.15. The number of nitrogens with one attached hydrogen (secondary N) is 1. The van der Waals surface area contributed by atoms with Crippen LogP contribution < -0.4 is 5.32 Å². The Bertz CT molecular complexity index is 402. The van der Waals surface area contributed by atoms with Crippen molar-refractivity contribution in [1.29, 1.82) is 0 Å². The van der Waals surface area contributed by atoms with Crippen molar-refractivity contribution in [3.8, 4) is 0 Å². The summed E-state index contributed by atoms with van der Waals surface area (Å²) in [5.41, 5.74) is 5.74. The fourth-order valence-corrected chi connectivity index (χ4v) is 3.32. The van der Waals surface area contributed by atoms with Crippen LogP contribution in [-0.2, 0) is 11.2 Å². The Hall–Kier alpha value is -0.860. The van der Waals surface area contributed by atoms with E-state index in [-0.39, 0.29) is 0 Å². The minimum atomic E-state index is 0.605. The lowest BCUT2D eigenvalue weighted by atomic mass is 9.85. The van der Waals surface area contributed by atoms with Crippen LogP contribution in [0.4, 0.5) is 0 Å². The largest absolute Gasteiger partial charge is 0.381 e. The van der Waals surface area contributed by atoms with Crippen LogP contribution in [0, 0.1) is 26.7 Å². The van der Waals surface area contributed by atoms with Crippen LogP contribution in [-0.4, -0.2) is 25.8 Å². The molecule has 1 aromatic rings. The van der Waals surface area contributed by atoms with Gasteiger partial charge in [-0.2, -0.15) is 0 Å². The Morgan fingerprint density at radius 2 is 1.89 bits per heavy atom. The number of rotatable bonds is 4. The average Bonchev–Trinajstić information content (AvgIpc) is 2.36. The summed E-state index contributed by atoms with van der Waals surface area (Å²) in [6.07, 6.45) is 2.28. The Morgan fingerprint density at radius 3 is 2.53 bits per heavy atom. The number of aryl methyl sites for hydroxylation is 3. The smallest absolute Gasteiger partial charge is 0.0512 e. The highest BCUT2D eigenvalue weighted by molar-refractivity contribution is 5.37. The number of hydrogen-bond donors (Lipinski definition) is 1. The third-order valence-electron chi connectivity index (χ3n) is 4.25. The maximum atomic E-state index is 5.69. The highest BCUT2D eigenvalue weighted by Crippen LogP contribution is 2.24. The molecule has 0 aromatic heterocycles. The second-order valence-corrected chi connectivity index (χ2v) is 5.87. The van der Waals surface area contributed by atoms with Gasteiger partial charge in [-0.1, -0.05) is 24.6 Å². The first-order valence-corrected chi connectivity index (χ1v) is 7.49. The molecule has 0 radical (unpaired) electrons. The van der Waals surface area contributed by atoms with Gasteiger partial charge in [0.05, 0.1) is 6.61 Å². The zero-order valence-corrected chi connectivity index (χ0v) is 12.8. The Morgan fingerprint density at radius 1 is 1.21 bits per heavy atom. The summed E-state index contributed by atoms with van der Waals surface area (Å²) in [5, 5.41) is 3.63. The van der Waals surface area contributed by atoms with Crippen molar-refractivity contribution < 1.29 is 4.74 Å². The SMILES string of the molecule is CCNC1CCOCC1Cc1c(C)cc(C)cc1C. The van der Waals surface area contributed by atoms with Crippen molar-refractivity contribution in [3.63, 3.8) is 0 Å². The molecule has 1 N–H and O–H groups in total. The van der Waals surface area contributed by atoms with Gasteiger partial charge in [-0.15, -0.1) is 0 Å². The first-order valence-electron chi connectivity index (χ1n) is 7.49. The molecule has 2 rings (SSSR count). The molecule has 2 heteroatoms. The van der Waals surface area contributed by atoms with Gasteiger partial charge in [0.1, 0.15) is 0 Å². The molecule has 1 saturated heterocycles. The molecule has 2 unspecified atom stereocenters. The Kier molecular flexibility index (Phi) is 5.00. The molecule has 2 atom stereocenters. The van der Waals surface area contributed by atoms with E-state index in [1.807, 2.05) is 0 Å². The van der Waals surface area contributed by atoms with Gasteiger partial charge in [-0.05, 0) is 56.8 Å². The third-order valence-corrected chi connectivity index (χ3v) is 4.25. The Labute approximate surface area is 117 Å². The highest BCUT2D eigenvalue weighted by atomic mass is 16.5. The summed E-state index contributed by atoms with van der Waals surface area (Å²) in [5.74, 6) is 0.605. The molecule has 106 valence electrons. The first kappa shape index (κ1) is 14.5. The molecule has 1 aromatic carbocycles. The van der Waals surface area contributed by atoms with Crippen LogP contribution in [0.25, 0.3) is 0 Å². The monoisotopic (exact) mass is 261 g/mol. The molecule has 1 aliphatic heterocycles. The zero-order valence-electron chi connectivity index (χ0n) is 12.8. The quantitative estimate of drug-likeness (QED) is 0.899. The third kappa shape index (κ3) is 3.58. The average molecular weight is 261 g/mol. The number of ether oxygens (including phenoxy) is 1. The maximum Gasteiger partial charge on any atom is 0.0512 e. The highest BCUT2D eigenvalue weighted by Gasteiger charge is 2.26. The van der Waals surface area contributed by atoms with E-state index in [9.17, 15) is 0 Å². The summed E-state index contributed by atoms with van der Waals surface area (Å²) in [7, 11) is 0. The van der Waals surface area contributed by atoms with Gasteiger partial charge in [0.25, 0.3) is 0 Å². The normalized spacial score (nSPS) is 23.6. The maximum absolute atomic E-state index is 5.69. The molecule has 0 bridgehead atoms. The van der Waals surface area contributed by atoms with Gasteiger partial charge in [0.2, 0.25) is 0 Å². The first-order chi connectivity index (χ1) is 9.11. The molecular formula is C17H27NO. The van der Waals surface area contributed by atoms with Crippen LogP contribution >= 0.6 is 0 Å². The molecule has 19 heavy (non-hydrogen) atoms. The van der Waals surface area contributed by atoms with Crippen LogP contribution in [0.5, 0.6) is 0 Å². The zero-order chi connectivity index (χ0) is 13.8. The van der Waals surface area contributed by atoms with E-state index >= 15 is 0 Å². The second-order valence-electron chi connectivity index (χ2n) is 5.87. The van der Waals surface area contributed by atoms with Crippen LogP contribution in [0.15, 0.2) is 12.1 Å². The van der Waals surface area contributed by atoms with E-state index in [1.165, 1.54) is 22.3 Å². The molecule has 1 heterocycles. The fraction of sp³-hybridized carbons (Fsp3) is 0.647. The van der Waals surface area contributed by atoms with E-state index in [0.29, 0.717) is 12.0 Å². The van der Waals surface area contributed by atoms with Crippen molar-refractivity contribution in [2.75, 3.05) is 19.8 Å². The summed E-state index contributed by atoms with van der Waals surface area (Å²) in [6.45, 7) is 11.7. The van der Waals surface area contributed by atoms with Crippen molar-refractivity contribution in [1.82, 2.24) is 5.32 Å². The number of benzene rings is 1. The van der Waals surface area contributed by atoms with Crippen molar-refractivity contribution in [2.45, 2.75) is 46.6 Å². The van der Waals surface area contributed by atoms with E-state index in [4.69, 9.17) is 4.74 Å². The van der Waals surface area contributed by atoms with Gasteiger partial charge in [-0.3, -0.25) is 0 Å². The molecule has 1 fully saturated rings. The minimum absolute atomic E-state index is 0.605. The lowest BCUT2D eigenvalue weighted by molar-refractivity contribution is 0.0326. The van der Waals surface area contributed by atoms with Gasteiger partial charge in [0, 0.05) is 18.6 Å². The molecular weight excluding hydrogens is 234 g/mol. The second kappa shape index (κ2) is 6.53. The van der Waals surface area contributed by atoms with Crippen LogP contribution in [0.2, 0.25) is 0 Å². The van der Waals surface area contributed by atoms with Gasteiger partial charge in [0.15, 0.2) is 0 Å². The van der Waals surface area contributed by atoms with Crippen molar-refractivity contribution in [3.05, 3.63) is 34.4 Å². The van der Waals surface area contributed by atoms with Gasteiger partial charge in [-0.25, -0.2) is 0 Å². The lowest BCUT2D eigenvalue weighted by Gasteiger charge is -2.33. The van der Waals surface area contributed by atoms with E-state index in [1.54, 1.807) is 0 Å². The minimum Gasteiger partial charge on any atom is -0.381 e. The summed E-state index contributed by atoms with van der Waals surface area (Å²) < 4.78 is 5.69. The van der Waals surface area contributed by atoms with Crippen LogP contribution in [0.1, 0.15) is 35.6 Å². The van der Waals surface area contributed by atoms with Gasteiger partial charge < -0.3 is 10.1 Å². The predicted octanol–water partition coefficient (Wildman–Crippen LogP) is 3.17.